The summed E-state index contributed by atoms with van der Waals surface area (Å²) in [5.74, 6) is -2.72. The van der Waals surface area contributed by atoms with E-state index in [-0.39, 0.29) is 29.4 Å². The van der Waals surface area contributed by atoms with Gasteiger partial charge >= 0.3 is 0 Å². The molecule has 3 rings (SSSR count). The minimum absolute atomic E-state index is 0.0426. The van der Waals surface area contributed by atoms with Crippen LogP contribution in [0, 0.1) is 11.6 Å². The van der Waals surface area contributed by atoms with E-state index in [4.69, 9.17) is 5.73 Å². The first-order valence-electron chi connectivity index (χ1n) is 7.61. The summed E-state index contributed by atoms with van der Waals surface area (Å²) < 4.78 is 28.1. The number of aromatic nitrogens is 2. The van der Waals surface area contributed by atoms with Gasteiger partial charge in [-0.3, -0.25) is 9.59 Å². The standard InChI is InChI=1S/C18H14F2N4O2/c19-12-7-5-11(6-8-12)9-24-10-22-17(15(24)16(21)25)23-18(26)13-3-1-2-4-14(13)20/h1-8,10H,9H2,(H2,21,25)(H,23,26). The molecule has 0 radical (unpaired) electrons. The van der Waals surface area contributed by atoms with Crippen molar-refractivity contribution in [1.29, 1.82) is 0 Å². The van der Waals surface area contributed by atoms with Crippen molar-refractivity contribution in [2.75, 3.05) is 5.32 Å². The SMILES string of the molecule is NC(=O)c1c(NC(=O)c2ccccc2F)ncn1Cc1ccc(F)cc1. The number of nitrogens with two attached hydrogens (primary N) is 1. The van der Waals surface area contributed by atoms with Crippen molar-refractivity contribution in [3.63, 3.8) is 0 Å². The van der Waals surface area contributed by atoms with Gasteiger partial charge in [-0.2, -0.15) is 0 Å². The molecular weight excluding hydrogens is 342 g/mol. The van der Waals surface area contributed by atoms with E-state index < -0.39 is 17.6 Å². The van der Waals surface area contributed by atoms with E-state index in [0.29, 0.717) is 5.56 Å². The third-order valence-electron chi connectivity index (χ3n) is 3.69. The zero-order valence-electron chi connectivity index (χ0n) is 13.4. The smallest absolute Gasteiger partial charge is 0.269 e. The molecule has 0 fully saturated rings. The average molecular weight is 356 g/mol. The van der Waals surface area contributed by atoms with Gasteiger partial charge in [0, 0.05) is 6.54 Å². The highest BCUT2D eigenvalue weighted by Gasteiger charge is 2.20. The third kappa shape index (κ3) is 3.59. The van der Waals surface area contributed by atoms with E-state index in [1.165, 1.54) is 41.2 Å². The number of rotatable bonds is 5. The lowest BCUT2D eigenvalue weighted by atomic mass is 10.2. The molecule has 2 amide bonds. The first-order chi connectivity index (χ1) is 12.5. The van der Waals surface area contributed by atoms with E-state index in [9.17, 15) is 18.4 Å². The highest BCUT2D eigenvalue weighted by atomic mass is 19.1. The second-order valence-electron chi connectivity index (χ2n) is 5.49. The molecule has 0 aliphatic rings. The fourth-order valence-electron chi connectivity index (χ4n) is 2.46. The normalized spacial score (nSPS) is 10.5. The van der Waals surface area contributed by atoms with Gasteiger partial charge < -0.3 is 15.6 Å². The van der Waals surface area contributed by atoms with E-state index in [0.717, 1.165) is 6.07 Å². The minimum atomic E-state index is -0.812. The number of nitrogens with one attached hydrogen (secondary N) is 1. The molecule has 2 aromatic carbocycles. The van der Waals surface area contributed by atoms with Crippen LogP contribution in [0.5, 0.6) is 0 Å². The fourth-order valence-corrected chi connectivity index (χ4v) is 2.46. The van der Waals surface area contributed by atoms with Crippen molar-refractivity contribution in [2.45, 2.75) is 6.54 Å². The highest BCUT2D eigenvalue weighted by molar-refractivity contribution is 6.07. The van der Waals surface area contributed by atoms with Crippen molar-refractivity contribution in [1.82, 2.24) is 9.55 Å². The molecule has 3 N–H and O–H groups in total. The van der Waals surface area contributed by atoms with Gasteiger partial charge in [0.25, 0.3) is 11.8 Å². The molecule has 132 valence electrons. The second-order valence-corrected chi connectivity index (χ2v) is 5.49. The zero-order valence-corrected chi connectivity index (χ0v) is 13.4. The van der Waals surface area contributed by atoms with Crippen LogP contribution in [-0.2, 0) is 6.54 Å². The van der Waals surface area contributed by atoms with Crippen molar-refractivity contribution in [3.8, 4) is 0 Å². The monoisotopic (exact) mass is 356 g/mol. The Kier molecular flexibility index (Phi) is 4.74. The predicted molar refractivity (Wildman–Crippen MR) is 90.6 cm³/mol. The maximum Gasteiger partial charge on any atom is 0.269 e. The number of nitrogens with zero attached hydrogens (tertiary/aromatic N) is 2. The van der Waals surface area contributed by atoms with Crippen LogP contribution in [0.2, 0.25) is 0 Å². The number of imidazole rings is 1. The Balaban J connectivity index is 1.87. The number of halogens is 2. The largest absolute Gasteiger partial charge is 0.364 e. The molecule has 0 aliphatic heterocycles. The van der Waals surface area contributed by atoms with Crippen LogP contribution in [0.25, 0.3) is 0 Å². The van der Waals surface area contributed by atoms with Crippen molar-refractivity contribution < 1.29 is 18.4 Å². The molecule has 0 unspecified atom stereocenters. The molecule has 0 saturated heterocycles. The van der Waals surface area contributed by atoms with Crippen LogP contribution in [0.4, 0.5) is 14.6 Å². The van der Waals surface area contributed by atoms with Gasteiger partial charge in [-0.15, -0.1) is 0 Å². The second kappa shape index (κ2) is 7.14. The molecule has 3 aromatic rings. The number of amides is 2. The van der Waals surface area contributed by atoms with E-state index >= 15 is 0 Å². The van der Waals surface area contributed by atoms with Crippen molar-refractivity contribution in [3.05, 3.63) is 83.3 Å². The summed E-state index contributed by atoms with van der Waals surface area (Å²) in [6.45, 7) is 0.196. The molecule has 0 spiro atoms. The van der Waals surface area contributed by atoms with Crippen LogP contribution < -0.4 is 11.1 Å². The highest BCUT2D eigenvalue weighted by Crippen LogP contribution is 2.17. The Morgan fingerprint density at radius 2 is 1.77 bits per heavy atom. The van der Waals surface area contributed by atoms with Crippen LogP contribution in [0.1, 0.15) is 26.4 Å². The number of primary amides is 1. The van der Waals surface area contributed by atoms with Gasteiger partial charge in [-0.05, 0) is 29.8 Å². The lowest BCUT2D eigenvalue weighted by Gasteiger charge is -2.08. The van der Waals surface area contributed by atoms with Gasteiger partial charge in [0.1, 0.15) is 11.6 Å². The van der Waals surface area contributed by atoms with Crippen LogP contribution in [-0.4, -0.2) is 21.4 Å². The molecule has 0 bridgehead atoms. The summed E-state index contributed by atoms with van der Waals surface area (Å²) in [4.78, 5) is 28.0. The summed E-state index contributed by atoms with van der Waals surface area (Å²) in [5, 5.41) is 2.39. The number of carbonyl (C=O) groups excluding carboxylic acids is 2. The van der Waals surface area contributed by atoms with Crippen molar-refractivity contribution in [2.24, 2.45) is 5.73 Å². The molecular formula is C18H14F2N4O2. The first kappa shape index (κ1) is 17.3. The van der Waals surface area contributed by atoms with E-state index in [1.54, 1.807) is 12.1 Å². The maximum absolute atomic E-state index is 13.7. The minimum Gasteiger partial charge on any atom is -0.364 e. The zero-order chi connectivity index (χ0) is 18.7. The predicted octanol–water partition coefficient (Wildman–Crippen LogP) is 2.56. The van der Waals surface area contributed by atoms with Gasteiger partial charge in [-0.1, -0.05) is 24.3 Å². The third-order valence-corrected chi connectivity index (χ3v) is 3.69. The topological polar surface area (TPSA) is 90.0 Å². The molecule has 0 aliphatic carbocycles. The Labute approximate surface area is 147 Å². The van der Waals surface area contributed by atoms with Gasteiger partial charge in [-0.25, -0.2) is 13.8 Å². The van der Waals surface area contributed by atoms with Gasteiger partial charge in [0.05, 0.1) is 11.9 Å². The van der Waals surface area contributed by atoms with Gasteiger partial charge in [0.2, 0.25) is 0 Å². The summed E-state index contributed by atoms with van der Waals surface area (Å²) in [6, 6.07) is 11.1. The molecule has 8 heteroatoms. The number of benzene rings is 2. The number of carbonyl (C=O) groups is 2. The van der Waals surface area contributed by atoms with Crippen molar-refractivity contribution >= 4 is 17.6 Å². The van der Waals surface area contributed by atoms with Crippen LogP contribution in [0.15, 0.2) is 54.9 Å². The first-order valence-corrected chi connectivity index (χ1v) is 7.61. The Bertz CT molecular complexity index is 968. The lowest BCUT2D eigenvalue weighted by molar-refractivity contribution is 0.0993. The Hall–Kier alpha value is -3.55. The number of anilines is 1. The molecule has 1 aromatic heterocycles. The van der Waals surface area contributed by atoms with Gasteiger partial charge in [0.15, 0.2) is 11.5 Å². The maximum atomic E-state index is 13.7. The van der Waals surface area contributed by atoms with Crippen LogP contribution >= 0.6 is 0 Å². The van der Waals surface area contributed by atoms with Crippen LogP contribution in [0.3, 0.4) is 0 Å². The Morgan fingerprint density at radius 3 is 2.42 bits per heavy atom. The Morgan fingerprint density at radius 1 is 1.08 bits per heavy atom. The lowest BCUT2D eigenvalue weighted by Crippen LogP contribution is -2.21. The molecule has 6 nitrogen and oxygen atoms in total. The van der Waals surface area contributed by atoms with E-state index in [1.807, 2.05) is 0 Å². The summed E-state index contributed by atoms with van der Waals surface area (Å²) in [5.41, 5.74) is 5.88. The van der Waals surface area contributed by atoms with E-state index in [2.05, 4.69) is 10.3 Å². The summed E-state index contributed by atoms with van der Waals surface area (Å²) in [6.07, 6.45) is 1.32. The molecule has 0 atom stereocenters. The number of hydrogen-bond donors (Lipinski definition) is 2. The fraction of sp³-hybridized carbons (Fsp3) is 0.0556. The average Bonchev–Trinajstić information content (AvgIpc) is 2.99. The quantitative estimate of drug-likeness (QED) is 0.736. The molecule has 1 heterocycles. The molecule has 26 heavy (non-hydrogen) atoms. The summed E-state index contributed by atoms with van der Waals surface area (Å²) >= 11 is 0. The summed E-state index contributed by atoms with van der Waals surface area (Å²) in [7, 11) is 0. The molecule has 0 saturated carbocycles. The number of hydrogen-bond acceptors (Lipinski definition) is 3.